The normalized spacial score (nSPS) is 24.1. The summed E-state index contributed by atoms with van der Waals surface area (Å²) in [6.07, 6.45) is 4.40. The van der Waals surface area contributed by atoms with Crippen molar-refractivity contribution >= 4 is 10.2 Å². The van der Waals surface area contributed by atoms with E-state index in [9.17, 15) is 8.42 Å². The highest BCUT2D eigenvalue weighted by atomic mass is 32.2. The van der Waals surface area contributed by atoms with Crippen LogP contribution in [0.3, 0.4) is 0 Å². The fourth-order valence-electron chi connectivity index (χ4n) is 3.03. The van der Waals surface area contributed by atoms with Crippen LogP contribution in [0.15, 0.2) is 11.6 Å². The Balaban J connectivity index is 2.01. The van der Waals surface area contributed by atoms with Crippen LogP contribution in [-0.4, -0.2) is 54.9 Å². The second-order valence-corrected chi connectivity index (χ2v) is 9.05. The Morgan fingerprint density at radius 2 is 1.81 bits per heavy atom. The lowest BCUT2D eigenvalue weighted by atomic mass is 9.83. The number of piperidine rings is 1. The van der Waals surface area contributed by atoms with E-state index in [0.717, 1.165) is 19.3 Å². The molecule has 122 valence electrons. The van der Waals surface area contributed by atoms with Crippen LogP contribution < -0.4 is 0 Å². The lowest BCUT2D eigenvalue weighted by Gasteiger charge is -2.37. The average molecular weight is 316 g/mol. The fourth-order valence-corrected chi connectivity index (χ4v) is 4.61. The van der Waals surface area contributed by atoms with E-state index >= 15 is 0 Å². The van der Waals surface area contributed by atoms with E-state index in [1.54, 1.807) is 8.61 Å². The largest absolute Gasteiger partial charge is 0.396 e. The van der Waals surface area contributed by atoms with Crippen LogP contribution in [0, 0.1) is 11.3 Å². The van der Waals surface area contributed by atoms with Gasteiger partial charge in [0.25, 0.3) is 10.2 Å². The Hall–Kier alpha value is -0.430. The highest BCUT2D eigenvalue weighted by Gasteiger charge is 2.34. The van der Waals surface area contributed by atoms with Crippen molar-refractivity contribution in [3.05, 3.63) is 11.6 Å². The molecule has 0 aromatic rings. The van der Waals surface area contributed by atoms with Crippen molar-refractivity contribution in [2.75, 3.05) is 32.8 Å². The predicted octanol–water partition coefficient (Wildman–Crippen LogP) is 1.61. The summed E-state index contributed by atoms with van der Waals surface area (Å²) in [5, 5.41) is 9.15. The minimum absolute atomic E-state index is 0.120. The first kappa shape index (κ1) is 16.9. The van der Waals surface area contributed by atoms with E-state index in [1.807, 2.05) is 0 Å². The summed E-state index contributed by atoms with van der Waals surface area (Å²) in [4.78, 5) is 0. The second kappa shape index (κ2) is 6.36. The number of nitrogens with zero attached hydrogens (tertiary/aromatic N) is 2. The van der Waals surface area contributed by atoms with Crippen molar-refractivity contribution in [3.63, 3.8) is 0 Å². The van der Waals surface area contributed by atoms with Gasteiger partial charge in [0.2, 0.25) is 0 Å². The molecule has 0 unspecified atom stereocenters. The minimum atomic E-state index is -3.35. The first-order chi connectivity index (χ1) is 9.75. The van der Waals surface area contributed by atoms with Gasteiger partial charge in [-0.1, -0.05) is 32.4 Å². The number of aliphatic hydroxyl groups is 1. The number of rotatable bonds is 3. The van der Waals surface area contributed by atoms with Crippen molar-refractivity contribution in [2.45, 2.75) is 40.0 Å². The summed E-state index contributed by atoms with van der Waals surface area (Å²) in [6, 6.07) is 0. The van der Waals surface area contributed by atoms with Gasteiger partial charge in [-0.15, -0.1) is 0 Å². The molecule has 0 bridgehead atoms. The molecule has 1 N–H and O–H groups in total. The van der Waals surface area contributed by atoms with Crippen LogP contribution >= 0.6 is 0 Å². The molecule has 2 rings (SSSR count). The maximum absolute atomic E-state index is 12.7. The third-order valence-corrected chi connectivity index (χ3v) is 6.62. The maximum Gasteiger partial charge on any atom is 0.282 e. The summed E-state index contributed by atoms with van der Waals surface area (Å²) in [5.74, 6) is 0.255. The molecule has 21 heavy (non-hydrogen) atoms. The van der Waals surface area contributed by atoms with Gasteiger partial charge in [-0.25, -0.2) is 0 Å². The first-order valence-corrected chi connectivity index (χ1v) is 9.20. The quantitative estimate of drug-likeness (QED) is 0.805. The Morgan fingerprint density at radius 1 is 1.19 bits per heavy atom. The summed E-state index contributed by atoms with van der Waals surface area (Å²) < 4.78 is 28.5. The van der Waals surface area contributed by atoms with Gasteiger partial charge in [0, 0.05) is 32.8 Å². The van der Waals surface area contributed by atoms with Crippen molar-refractivity contribution in [1.82, 2.24) is 8.61 Å². The van der Waals surface area contributed by atoms with Gasteiger partial charge in [0.1, 0.15) is 0 Å². The van der Waals surface area contributed by atoms with Crippen LogP contribution in [0.1, 0.15) is 40.0 Å². The Bertz CT molecular complexity index is 486. The van der Waals surface area contributed by atoms with Crippen LogP contribution in [0.4, 0.5) is 0 Å². The standard InChI is InChI=1S/C15H28N2O3S/c1-15(2,3)14-6-10-17(11-7-14)21(19,20)16-8-4-13(12-18)5-9-16/h6,13,18H,4-5,7-12H2,1-3H3. The molecule has 0 radical (unpaired) electrons. The number of hydrogen-bond donors (Lipinski definition) is 1. The van der Waals surface area contributed by atoms with Gasteiger partial charge in [0.15, 0.2) is 0 Å². The molecule has 0 atom stereocenters. The predicted molar refractivity (Wildman–Crippen MR) is 84.0 cm³/mol. The van der Waals surface area contributed by atoms with Crippen molar-refractivity contribution in [3.8, 4) is 0 Å². The summed E-state index contributed by atoms with van der Waals surface area (Å²) in [6.45, 7) is 8.78. The highest BCUT2D eigenvalue weighted by molar-refractivity contribution is 7.86. The van der Waals surface area contributed by atoms with E-state index in [-0.39, 0.29) is 17.9 Å². The molecule has 1 saturated heterocycles. The molecule has 0 aromatic heterocycles. The van der Waals surface area contributed by atoms with Gasteiger partial charge >= 0.3 is 0 Å². The zero-order valence-corrected chi connectivity index (χ0v) is 14.2. The summed E-state index contributed by atoms with van der Waals surface area (Å²) >= 11 is 0. The smallest absolute Gasteiger partial charge is 0.282 e. The summed E-state index contributed by atoms with van der Waals surface area (Å²) in [5.41, 5.74) is 1.46. The van der Waals surface area contributed by atoms with Gasteiger partial charge in [-0.3, -0.25) is 0 Å². The van der Waals surface area contributed by atoms with Crippen molar-refractivity contribution in [2.24, 2.45) is 11.3 Å². The molecule has 0 aliphatic carbocycles. The third kappa shape index (κ3) is 3.86. The fraction of sp³-hybridized carbons (Fsp3) is 0.867. The van der Waals surface area contributed by atoms with Gasteiger partial charge in [-0.2, -0.15) is 17.0 Å². The molecule has 2 aliphatic heterocycles. The van der Waals surface area contributed by atoms with E-state index in [0.29, 0.717) is 26.2 Å². The molecule has 2 heterocycles. The van der Waals surface area contributed by atoms with Gasteiger partial charge < -0.3 is 5.11 Å². The van der Waals surface area contributed by atoms with Gasteiger partial charge in [0.05, 0.1) is 0 Å². The van der Waals surface area contributed by atoms with Crippen molar-refractivity contribution < 1.29 is 13.5 Å². The van der Waals surface area contributed by atoms with Crippen LogP contribution in [-0.2, 0) is 10.2 Å². The maximum atomic E-state index is 12.7. The van der Waals surface area contributed by atoms with E-state index in [4.69, 9.17) is 5.11 Å². The molecule has 2 aliphatic rings. The second-order valence-electron chi connectivity index (χ2n) is 7.12. The highest BCUT2D eigenvalue weighted by Crippen LogP contribution is 2.31. The first-order valence-electron chi connectivity index (χ1n) is 7.80. The summed E-state index contributed by atoms with van der Waals surface area (Å²) in [7, 11) is -3.35. The lowest BCUT2D eigenvalue weighted by Crippen LogP contribution is -2.48. The SMILES string of the molecule is CC(C)(C)C1=CCN(S(=O)(=O)N2CCC(CO)CC2)CC1. The number of hydrogen-bond acceptors (Lipinski definition) is 3. The van der Waals surface area contributed by atoms with E-state index in [1.165, 1.54) is 5.57 Å². The Morgan fingerprint density at radius 3 is 2.24 bits per heavy atom. The van der Waals surface area contributed by atoms with Gasteiger partial charge in [-0.05, 0) is 30.6 Å². The molecule has 0 amide bonds. The zero-order chi connectivity index (χ0) is 15.7. The Kier molecular flexibility index (Phi) is 5.13. The van der Waals surface area contributed by atoms with Crippen molar-refractivity contribution in [1.29, 1.82) is 0 Å². The minimum Gasteiger partial charge on any atom is -0.396 e. The Labute approximate surface area is 128 Å². The monoisotopic (exact) mass is 316 g/mol. The van der Waals surface area contributed by atoms with E-state index in [2.05, 4.69) is 26.8 Å². The molecular formula is C15H28N2O3S. The average Bonchev–Trinajstić information content (AvgIpc) is 2.46. The van der Waals surface area contributed by atoms with Crippen LogP contribution in [0.5, 0.6) is 0 Å². The molecule has 5 nitrogen and oxygen atoms in total. The van der Waals surface area contributed by atoms with E-state index < -0.39 is 10.2 Å². The van der Waals surface area contributed by atoms with Crippen LogP contribution in [0.2, 0.25) is 0 Å². The molecular weight excluding hydrogens is 288 g/mol. The molecule has 0 saturated carbocycles. The molecule has 1 fully saturated rings. The molecule has 0 aromatic carbocycles. The topological polar surface area (TPSA) is 60.9 Å². The lowest BCUT2D eigenvalue weighted by molar-refractivity contribution is 0.166. The van der Waals surface area contributed by atoms with Crippen LogP contribution in [0.25, 0.3) is 0 Å². The molecule has 6 heteroatoms. The zero-order valence-electron chi connectivity index (χ0n) is 13.4. The molecule has 0 spiro atoms. The third-order valence-electron chi connectivity index (χ3n) is 4.62. The number of aliphatic hydroxyl groups excluding tert-OH is 1.